The van der Waals surface area contributed by atoms with Gasteiger partial charge in [-0.3, -0.25) is 4.57 Å². The largest absolute Gasteiger partial charge is 0.394 e. The molecule has 0 saturated carbocycles. The quantitative estimate of drug-likeness (QED) is 0.304. The van der Waals surface area contributed by atoms with Gasteiger partial charge < -0.3 is 25.4 Å². The van der Waals surface area contributed by atoms with Gasteiger partial charge in [0, 0.05) is 11.4 Å². The van der Waals surface area contributed by atoms with Crippen molar-refractivity contribution >= 4 is 40.1 Å². The number of aliphatic hydroxyl groups is 3. The molecule has 0 radical (unpaired) electrons. The average Bonchev–Trinajstić information content (AvgIpc) is 3.43. The van der Waals surface area contributed by atoms with Gasteiger partial charge in [-0.1, -0.05) is 24.8 Å². The number of thiophene rings is 1. The first-order valence-electron chi connectivity index (χ1n) is 9.38. The van der Waals surface area contributed by atoms with Crippen molar-refractivity contribution in [3.8, 4) is 0 Å². The number of hydrogen-bond donors (Lipinski definition) is 4. The highest BCUT2D eigenvalue weighted by atomic mass is 32.2. The number of ether oxygens (including phenoxy) is 1. The van der Waals surface area contributed by atoms with Crippen molar-refractivity contribution < 1.29 is 20.1 Å². The molecule has 4 N–H and O–H groups in total. The van der Waals surface area contributed by atoms with E-state index in [1.807, 2.05) is 13.0 Å². The molecule has 1 fully saturated rings. The van der Waals surface area contributed by atoms with Crippen LogP contribution in [0.25, 0.3) is 11.2 Å². The number of thioether (sulfide) groups is 1. The van der Waals surface area contributed by atoms with E-state index in [0.29, 0.717) is 28.7 Å². The summed E-state index contributed by atoms with van der Waals surface area (Å²) in [6.07, 6.45) is -1.74. The summed E-state index contributed by atoms with van der Waals surface area (Å²) in [4.78, 5) is 14.9. The van der Waals surface area contributed by atoms with Crippen molar-refractivity contribution in [2.24, 2.45) is 0 Å². The van der Waals surface area contributed by atoms with Gasteiger partial charge in [0.15, 0.2) is 28.4 Å². The summed E-state index contributed by atoms with van der Waals surface area (Å²) in [5, 5.41) is 35.8. The summed E-state index contributed by atoms with van der Waals surface area (Å²) in [6.45, 7) is 2.33. The normalized spacial score (nSPS) is 24.4. The molecule has 0 aliphatic carbocycles. The predicted molar refractivity (Wildman–Crippen MR) is 111 cm³/mol. The van der Waals surface area contributed by atoms with E-state index in [2.05, 4.69) is 31.7 Å². The SMILES string of the molecule is CCSc1nc(NCCc2cccs2)c2ncn([C@@H]3O[C@H](CO)[C@@H](O)[C@H]3O)c2n1. The van der Waals surface area contributed by atoms with E-state index in [1.165, 1.54) is 23.0 Å². The number of rotatable bonds is 8. The van der Waals surface area contributed by atoms with Crippen LogP contribution in [0.4, 0.5) is 5.82 Å². The first kappa shape index (κ1) is 20.5. The highest BCUT2D eigenvalue weighted by Gasteiger charge is 2.44. The number of anilines is 1. The Kier molecular flexibility index (Phi) is 6.32. The Bertz CT molecular complexity index is 951. The molecule has 4 atom stereocenters. The average molecular weight is 438 g/mol. The van der Waals surface area contributed by atoms with Crippen LogP contribution in [0.2, 0.25) is 0 Å². The second-order valence-corrected chi connectivity index (χ2v) is 8.86. The van der Waals surface area contributed by atoms with E-state index in [9.17, 15) is 15.3 Å². The zero-order valence-electron chi connectivity index (χ0n) is 15.8. The molecule has 0 amide bonds. The maximum absolute atomic E-state index is 10.4. The van der Waals surface area contributed by atoms with Gasteiger partial charge in [-0.25, -0.2) is 15.0 Å². The molecule has 1 aliphatic rings. The molecule has 3 aromatic heterocycles. The van der Waals surface area contributed by atoms with Gasteiger partial charge in [0.2, 0.25) is 0 Å². The van der Waals surface area contributed by atoms with Crippen molar-refractivity contribution in [1.82, 2.24) is 19.5 Å². The van der Waals surface area contributed by atoms with Crippen LogP contribution >= 0.6 is 23.1 Å². The summed E-state index contributed by atoms with van der Waals surface area (Å²) in [5.41, 5.74) is 1.07. The monoisotopic (exact) mass is 437 g/mol. The fourth-order valence-electron chi connectivity index (χ4n) is 3.27. The topological polar surface area (TPSA) is 126 Å². The third-order valence-corrected chi connectivity index (χ3v) is 6.38. The second-order valence-electron chi connectivity index (χ2n) is 6.60. The number of aromatic nitrogens is 4. The number of aliphatic hydroxyl groups excluding tert-OH is 3. The maximum Gasteiger partial charge on any atom is 0.191 e. The molecule has 3 aromatic rings. The predicted octanol–water partition coefficient (Wildman–Crippen LogP) is 1.27. The third kappa shape index (κ3) is 4.11. The van der Waals surface area contributed by atoms with E-state index < -0.39 is 24.5 Å². The van der Waals surface area contributed by atoms with Crippen LogP contribution in [0.15, 0.2) is 29.0 Å². The Labute approximate surface area is 175 Å². The molecule has 0 aromatic carbocycles. The first-order chi connectivity index (χ1) is 14.1. The van der Waals surface area contributed by atoms with Crippen LogP contribution in [0.1, 0.15) is 18.0 Å². The highest BCUT2D eigenvalue weighted by molar-refractivity contribution is 7.99. The Morgan fingerprint density at radius 1 is 1.31 bits per heavy atom. The molecule has 1 aliphatic heterocycles. The summed E-state index contributed by atoms with van der Waals surface area (Å²) < 4.78 is 7.23. The van der Waals surface area contributed by atoms with Gasteiger partial charge in [0.1, 0.15) is 18.3 Å². The summed E-state index contributed by atoms with van der Waals surface area (Å²) in [5.74, 6) is 1.43. The van der Waals surface area contributed by atoms with Crippen molar-refractivity contribution in [3.63, 3.8) is 0 Å². The van der Waals surface area contributed by atoms with Gasteiger partial charge in [-0.15, -0.1) is 11.3 Å². The van der Waals surface area contributed by atoms with Crippen LogP contribution < -0.4 is 5.32 Å². The molecule has 11 heteroatoms. The molecule has 29 heavy (non-hydrogen) atoms. The van der Waals surface area contributed by atoms with Crippen molar-refractivity contribution in [1.29, 1.82) is 0 Å². The van der Waals surface area contributed by atoms with Gasteiger partial charge >= 0.3 is 0 Å². The molecule has 0 bridgehead atoms. The molecule has 156 valence electrons. The van der Waals surface area contributed by atoms with E-state index in [-0.39, 0.29) is 6.61 Å². The fraction of sp³-hybridized carbons (Fsp3) is 0.500. The fourth-order valence-corrected chi connectivity index (χ4v) is 4.54. The van der Waals surface area contributed by atoms with Gasteiger partial charge in [-0.2, -0.15) is 0 Å². The molecule has 4 rings (SSSR count). The summed E-state index contributed by atoms with van der Waals surface area (Å²) in [7, 11) is 0. The van der Waals surface area contributed by atoms with E-state index >= 15 is 0 Å². The molecule has 0 unspecified atom stereocenters. The zero-order chi connectivity index (χ0) is 20.4. The van der Waals surface area contributed by atoms with E-state index in [4.69, 9.17) is 4.74 Å². The van der Waals surface area contributed by atoms with Crippen molar-refractivity contribution in [2.45, 2.75) is 43.0 Å². The zero-order valence-corrected chi connectivity index (χ0v) is 17.4. The lowest BCUT2D eigenvalue weighted by atomic mass is 10.1. The Hall–Kier alpha value is -1.76. The van der Waals surface area contributed by atoms with Gasteiger partial charge in [0.05, 0.1) is 12.9 Å². The first-order valence-corrected chi connectivity index (χ1v) is 11.2. The lowest BCUT2D eigenvalue weighted by Crippen LogP contribution is -2.33. The molecule has 0 spiro atoms. The van der Waals surface area contributed by atoms with Crippen LogP contribution in [-0.4, -0.2) is 72.1 Å². The van der Waals surface area contributed by atoms with Crippen LogP contribution in [-0.2, 0) is 11.2 Å². The number of nitrogens with zero attached hydrogens (tertiary/aromatic N) is 4. The minimum Gasteiger partial charge on any atom is -0.394 e. The second kappa shape index (κ2) is 8.94. The molecule has 4 heterocycles. The van der Waals surface area contributed by atoms with E-state index in [1.54, 1.807) is 15.9 Å². The number of nitrogens with one attached hydrogen (secondary N) is 1. The standard InChI is InChI=1S/C18H23N5O4S2/c1-2-28-18-21-15(19-6-5-10-4-3-7-29-10)12-16(22-18)23(9-20-12)17-14(26)13(25)11(8-24)27-17/h3-4,7,9,11,13-14,17,24-26H,2,5-6,8H2,1H3,(H,19,21,22)/t11-,13-,14-,17-/m1/s1. The number of hydrogen-bond acceptors (Lipinski definition) is 10. The number of imidazole rings is 1. The maximum atomic E-state index is 10.4. The Balaban J connectivity index is 1.64. The van der Waals surface area contributed by atoms with Crippen molar-refractivity contribution in [3.05, 3.63) is 28.7 Å². The summed E-state index contributed by atoms with van der Waals surface area (Å²) in [6, 6.07) is 4.12. The smallest absolute Gasteiger partial charge is 0.191 e. The number of fused-ring (bicyclic) bond motifs is 1. The summed E-state index contributed by atoms with van der Waals surface area (Å²) >= 11 is 3.21. The highest BCUT2D eigenvalue weighted by Crippen LogP contribution is 2.33. The van der Waals surface area contributed by atoms with Gasteiger partial charge in [0.25, 0.3) is 0 Å². The minimum atomic E-state index is -1.20. The Morgan fingerprint density at radius 3 is 2.86 bits per heavy atom. The lowest BCUT2D eigenvalue weighted by molar-refractivity contribution is -0.0511. The van der Waals surface area contributed by atoms with Gasteiger partial charge in [-0.05, 0) is 23.6 Å². The molecule has 1 saturated heterocycles. The van der Waals surface area contributed by atoms with Crippen LogP contribution in [0.5, 0.6) is 0 Å². The Morgan fingerprint density at radius 2 is 2.17 bits per heavy atom. The van der Waals surface area contributed by atoms with Crippen molar-refractivity contribution in [2.75, 3.05) is 24.2 Å². The molecular weight excluding hydrogens is 414 g/mol. The van der Waals surface area contributed by atoms with E-state index in [0.717, 1.165) is 12.2 Å². The molecular formula is C18H23N5O4S2. The minimum absolute atomic E-state index is 0.386. The molecule has 9 nitrogen and oxygen atoms in total. The third-order valence-electron chi connectivity index (χ3n) is 4.71. The van der Waals surface area contributed by atoms with Crippen LogP contribution in [0.3, 0.4) is 0 Å². The lowest BCUT2D eigenvalue weighted by Gasteiger charge is -2.17. The van der Waals surface area contributed by atoms with Crippen LogP contribution in [0, 0.1) is 0 Å².